The summed E-state index contributed by atoms with van der Waals surface area (Å²) < 4.78 is 0. The topological polar surface area (TPSA) is 100 Å². The molecule has 10 nitrogen and oxygen atoms in total. The largest absolute Gasteiger partial charge is 0.395 e. The zero-order chi connectivity index (χ0) is 26.2. The Balaban J connectivity index is 1.22. The Bertz CT molecular complexity index is 1370. The van der Waals surface area contributed by atoms with Gasteiger partial charge in [-0.1, -0.05) is 29.3 Å². The Morgan fingerprint density at radius 3 is 2.42 bits per heavy atom. The van der Waals surface area contributed by atoms with Crippen LogP contribution in [-0.2, 0) is 0 Å². The van der Waals surface area contributed by atoms with Crippen molar-refractivity contribution in [3.63, 3.8) is 0 Å². The van der Waals surface area contributed by atoms with Crippen molar-refractivity contribution >= 4 is 63.9 Å². The Morgan fingerprint density at radius 1 is 0.974 bits per heavy atom. The van der Waals surface area contributed by atoms with Gasteiger partial charge in [0.25, 0.3) is 5.91 Å². The zero-order valence-electron chi connectivity index (χ0n) is 20.5. The first kappa shape index (κ1) is 24.9. The fraction of sp³-hybridized carbons (Fsp3) is 0.308. The van der Waals surface area contributed by atoms with Crippen molar-refractivity contribution in [2.24, 2.45) is 4.99 Å². The molecule has 12 heteroatoms. The van der Waals surface area contributed by atoms with Crippen LogP contribution in [0.5, 0.6) is 0 Å². The molecule has 2 aromatic carbocycles. The first-order chi connectivity index (χ1) is 18.5. The van der Waals surface area contributed by atoms with E-state index in [9.17, 15) is 4.79 Å². The molecule has 2 N–H and O–H groups in total. The third kappa shape index (κ3) is 4.54. The number of halogens is 2. The van der Waals surface area contributed by atoms with Gasteiger partial charge >= 0.3 is 0 Å². The molecule has 1 saturated heterocycles. The highest BCUT2D eigenvalue weighted by Gasteiger charge is 2.41. The van der Waals surface area contributed by atoms with Crippen LogP contribution in [0.4, 0.5) is 28.8 Å². The van der Waals surface area contributed by atoms with Crippen LogP contribution in [0.15, 0.2) is 53.7 Å². The minimum absolute atomic E-state index is 0.194. The number of hydrogen-bond donors (Lipinski definition) is 2. The normalized spacial score (nSPS) is 17.4. The molecule has 0 unspecified atom stereocenters. The standard InChI is InChI=1S/C26H26Cl2N8O2/c27-20-2-1-3-21(28)22(20)36-24(38)19-16-30-25(32-23(19)35-9-8-29-26(35)36)31-17-4-6-18(7-5-17)34-12-10-33(11-13-34)14-15-37/h1-7,16,37H,8-15H2,(H,30,31,32). The molecule has 0 spiro atoms. The van der Waals surface area contributed by atoms with Crippen molar-refractivity contribution in [1.82, 2.24) is 14.9 Å². The van der Waals surface area contributed by atoms with Crippen molar-refractivity contribution in [3.8, 4) is 0 Å². The van der Waals surface area contributed by atoms with Crippen molar-refractivity contribution in [3.05, 3.63) is 64.3 Å². The molecule has 1 aromatic heterocycles. The van der Waals surface area contributed by atoms with E-state index in [0.29, 0.717) is 52.1 Å². The Kier molecular flexibility index (Phi) is 6.79. The maximum atomic E-state index is 13.6. The zero-order valence-corrected chi connectivity index (χ0v) is 22.0. The summed E-state index contributed by atoms with van der Waals surface area (Å²) in [6.45, 7) is 5.72. The van der Waals surface area contributed by atoms with E-state index in [2.05, 4.69) is 42.2 Å². The summed E-state index contributed by atoms with van der Waals surface area (Å²) in [5.41, 5.74) is 2.74. The van der Waals surface area contributed by atoms with Crippen molar-refractivity contribution in [2.75, 3.05) is 72.4 Å². The molecule has 4 heterocycles. The molecule has 196 valence electrons. The van der Waals surface area contributed by atoms with Gasteiger partial charge in [-0.15, -0.1) is 0 Å². The molecular weight excluding hydrogens is 527 g/mol. The number of nitrogens with zero attached hydrogens (tertiary/aromatic N) is 7. The molecule has 0 saturated carbocycles. The van der Waals surface area contributed by atoms with Crippen LogP contribution < -0.4 is 20.0 Å². The van der Waals surface area contributed by atoms with Crippen molar-refractivity contribution in [2.45, 2.75) is 0 Å². The average molecular weight is 553 g/mol. The number of anilines is 5. The highest BCUT2D eigenvalue weighted by atomic mass is 35.5. The van der Waals surface area contributed by atoms with E-state index < -0.39 is 0 Å². The third-order valence-corrected chi connectivity index (χ3v) is 7.52. The Hall–Kier alpha value is -3.44. The van der Waals surface area contributed by atoms with Gasteiger partial charge in [0, 0.05) is 56.8 Å². The number of fused-ring (bicyclic) bond motifs is 3. The second kappa shape index (κ2) is 10.4. The summed E-state index contributed by atoms with van der Waals surface area (Å²) in [6.07, 6.45) is 1.53. The summed E-state index contributed by atoms with van der Waals surface area (Å²) in [4.78, 5) is 35.2. The van der Waals surface area contributed by atoms with E-state index in [1.807, 2.05) is 17.0 Å². The molecule has 6 rings (SSSR count). The number of para-hydroxylation sites is 1. The number of aliphatic hydroxyl groups excluding tert-OH is 1. The lowest BCUT2D eigenvalue weighted by Crippen LogP contribution is -2.51. The smallest absolute Gasteiger partial charge is 0.270 e. The number of aliphatic hydroxyl groups is 1. The SMILES string of the molecule is O=C1c2cnc(Nc3ccc(N4CCN(CCO)CC4)cc3)nc2N2CCN=C2N1c1c(Cl)cccc1Cl. The fourth-order valence-electron chi connectivity index (χ4n) is 4.99. The Labute approximate surface area is 230 Å². The minimum atomic E-state index is -0.332. The molecule has 3 aliphatic heterocycles. The number of aromatic nitrogens is 2. The highest BCUT2D eigenvalue weighted by molar-refractivity contribution is 6.43. The fourth-order valence-corrected chi connectivity index (χ4v) is 5.55. The number of nitrogens with one attached hydrogen (secondary N) is 1. The lowest BCUT2D eigenvalue weighted by atomic mass is 10.1. The number of piperazine rings is 1. The van der Waals surface area contributed by atoms with Crippen LogP contribution in [0, 0.1) is 0 Å². The van der Waals surface area contributed by atoms with E-state index in [4.69, 9.17) is 28.3 Å². The molecule has 0 aliphatic carbocycles. The average Bonchev–Trinajstić information content (AvgIpc) is 3.41. The summed E-state index contributed by atoms with van der Waals surface area (Å²) in [5, 5.41) is 13.1. The molecule has 3 aromatic rings. The number of amides is 1. The number of aliphatic imine (C=N–C) groups is 1. The molecule has 0 atom stereocenters. The number of carbonyl (C=O) groups is 1. The summed E-state index contributed by atoms with van der Waals surface area (Å²) >= 11 is 12.9. The van der Waals surface area contributed by atoms with E-state index in [-0.39, 0.29) is 12.5 Å². The molecular formula is C26H26Cl2N8O2. The van der Waals surface area contributed by atoms with Gasteiger partial charge in [-0.25, -0.2) is 9.88 Å². The summed E-state index contributed by atoms with van der Waals surface area (Å²) in [6, 6.07) is 13.2. The number of guanidine groups is 1. The van der Waals surface area contributed by atoms with Crippen molar-refractivity contribution < 1.29 is 9.90 Å². The van der Waals surface area contributed by atoms with E-state index in [1.165, 1.54) is 11.1 Å². The van der Waals surface area contributed by atoms with Gasteiger partial charge in [-0.2, -0.15) is 4.98 Å². The maximum absolute atomic E-state index is 13.6. The molecule has 3 aliphatic rings. The second-order valence-electron chi connectivity index (χ2n) is 9.20. The minimum Gasteiger partial charge on any atom is -0.395 e. The first-order valence-electron chi connectivity index (χ1n) is 12.5. The van der Waals surface area contributed by atoms with Crippen LogP contribution in [0.25, 0.3) is 0 Å². The molecule has 38 heavy (non-hydrogen) atoms. The first-order valence-corrected chi connectivity index (χ1v) is 13.2. The van der Waals surface area contributed by atoms with Crippen LogP contribution in [0.2, 0.25) is 10.0 Å². The van der Waals surface area contributed by atoms with Crippen molar-refractivity contribution in [1.29, 1.82) is 0 Å². The van der Waals surface area contributed by atoms with Gasteiger partial charge in [0.05, 0.1) is 28.9 Å². The quantitative estimate of drug-likeness (QED) is 0.479. The predicted molar refractivity (Wildman–Crippen MR) is 150 cm³/mol. The van der Waals surface area contributed by atoms with Gasteiger partial charge in [0.15, 0.2) is 5.82 Å². The van der Waals surface area contributed by atoms with E-state index >= 15 is 0 Å². The maximum Gasteiger partial charge on any atom is 0.270 e. The van der Waals surface area contributed by atoms with Crippen LogP contribution in [0.1, 0.15) is 10.4 Å². The number of rotatable bonds is 6. The Morgan fingerprint density at radius 2 is 1.71 bits per heavy atom. The molecule has 0 bridgehead atoms. The number of hydrogen-bond acceptors (Lipinski definition) is 9. The number of β-amino-alcohol motifs (C(OH)–C–C–N with tert-alkyl or cyclic N) is 1. The number of carbonyl (C=O) groups excluding carboxylic acids is 1. The van der Waals surface area contributed by atoms with E-state index in [0.717, 1.165) is 44.1 Å². The lowest BCUT2D eigenvalue weighted by Gasteiger charge is -2.35. The van der Waals surface area contributed by atoms with Gasteiger partial charge in [-0.3, -0.25) is 19.6 Å². The number of benzene rings is 2. The second-order valence-corrected chi connectivity index (χ2v) is 10.0. The lowest BCUT2D eigenvalue weighted by molar-refractivity contribution is 0.1000. The van der Waals surface area contributed by atoms with Crippen LogP contribution >= 0.6 is 23.2 Å². The monoisotopic (exact) mass is 552 g/mol. The van der Waals surface area contributed by atoms with Gasteiger partial charge < -0.3 is 15.3 Å². The van der Waals surface area contributed by atoms with Gasteiger partial charge in [0.2, 0.25) is 11.9 Å². The van der Waals surface area contributed by atoms with Gasteiger partial charge in [0.1, 0.15) is 5.56 Å². The molecule has 1 amide bonds. The molecule has 1 fully saturated rings. The molecule has 0 radical (unpaired) electrons. The summed E-state index contributed by atoms with van der Waals surface area (Å²) in [7, 11) is 0. The third-order valence-electron chi connectivity index (χ3n) is 6.91. The van der Waals surface area contributed by atoms with Gasteiger partial charge in [-0.05, 0) is 36.4 Å². The summed E-state index contributed by atoms with van der Waals surface area (Å²) in [5.74, 6) is 1.01. The van der Waals surface area contributed by atoms with E-state index in [1.54, 1.807) is 18.2 Å². The predicted octanol–water partition coefficient (Wildman–Crippen LogP) is 3.48. The van der Waals surface area contributed by atoms with Crippen LogP contribution in [-0.4, -0.2) is 84.3 Å². The van der Waals surface area contributed by atoms with Crippen LogP contribution in [0.3, 0.4) is 0 Å². The highest BCUT2D eigenvalue weighted by Crippen LogP contribution is 2.39.